The zero-order valence-corrected chi connectivity index (χ0v) is 13.3. The van der Waals surface area contributed by atoms with E-state index in [4.69, 9.17) is 0 Å². The lowest BCUT2D eigenvalue weighted by atomic mass is 10.1. The molecule has 5 heteroatoms. The van der Waals surface area contributed by atoms with Gasteiger partial charge >= 0.3 is 0 Å². The Morgan fingerprint density at radius 2 is 1.91 bits per heavy atom. The van der Waals surface area contributed by atoms with Crippen molar-refractivity contribution in [2.24, 2.45) is 0 Å². The first-order valence-electron chi connectivity index (χ1n) is 7.05. The van der Waals surface area contributed by atoms with E-state index in [9.17, 15) is 13.6 Å². The molecule has 0 heterocycles. The second-order valence-corrected chi connectivity index (χ2v) is 6.23. The van der Waals surface area contributed by atoms with Crippen molar-refractivity contribution in [2.45, 2.75) is 25.4 Å². The van der Waals surface area contributed by atoms with E-state index in [1.54, 1.807) is 23.1 Å². The molecule has 1 aliphatic carbocycles. The van der Waals surface area contributed by atoms with Crippen LogP contribution in [0.15, 0.2) is 46.9 Å². The SMILES string of the molecule is O=C(c1ccc(F)cc1Br)N(Cc1ccccc1F)C1CC1. The second kappa shape index (κ2) is 6.16. The van der Waals surface area contributed by atoms with Gasteiger partial charge in [0.1, 0.15) is 11.6 Å². The van der Waals surface area contributed by atoms with Crippen molar-refractivity contribution in [3.8, 4) is 0 Å². The summed E-state index contributed by atoms with van der Waals surface area (Å²) in [4.78, 5) is 14.4. The predicted molar refractivity (Wildman–Crippen MR) is 83.4 cm³/mol. The van der Waals surface area contributed by atoms with Crippen LogP contribution in [0.3, 0.4) is 0 Å². The van der Waals surface area contributed by atoms with Gasteiger partial charge in [-0.05, 0) is 53.0 Å². The molecule has 1 aliphatic rings. The van der Waals surface area contributed by atoms with Gasteiger partial charge in [0.25, 0.3) is 5.91 Å². The van der Waals surface area contributed by atoms with Gasteiger partial charge in [-0.25, -0.2) is 8.78 Å². The van der Waals surface area contributed by atoms with Gasteiger partial charge < -0.3 is 4.90 Å². The average molecular weight is 366 g/mol. The van der Waals surface area contributed by atoms with Crippen LogP contribution in [0.4, 0.5) is 8.78 Å². The molecule has 0 N–H and O–H groups in total. The van der Waals surface area contributed by atoms with E-state index in [1.807, 2.05) is 0 Å². The van der Waals surface area contributed by atoms with Crippen molar-refractivity contribution in [1.29, 1.82) is 0 Å². The van der Waals surface area contributed by atoms with E-state index < -0.39 is 5.82 Å². The van der Waals surface area contributed by atoms with Crippen LogP contribution in [-0.4, -0.2) is 16.8 Å². The molecular formula is C17H14BrF2NO. The zero-order chi connectivity index (χ0) is 15.7. The van der Waals surface area contributed by atoms with Gasteiger partial charge in [0, 0.05) is 22.6 Å². The van der Waals surface area contributed by atoms with E-state index in [-0.39, 0.29) is 24.3 Å². The smallest absolute Gasteiger partial charge is 0.255 e. The van der Waals surface area contributed by atoms with E-state index in [2.05, 4.69) is 15.9 Å². The van der Waals surface area contributed by atoms with Gasteiger partial charge in [-0.3, -0.25) is 4.79 Å². The summed E-state index contributed by atoms with van der Waals surface area (Å²) in [7, 11) is 0. The molecule has 22 heavy (non-hydrogen) atoms. The number of benzene rings is 2. The highest BCUT2D eigenvalue weighted by Gasteiger charge is 2.34. The summed E-state index contributed by atoms with van der Waals surface area (Å²) in [6, 6.07) is 10.5. The minimum absolute atomic E-state index is 0.129. The highest BCUT2D eigenvalue weighted by atomic mass is 79.9. The molecule has 0 aliphatic heterocycles. The molecule has 0 radical (unpaired) electrons. The van der Waals surface area contributed by atoms with Gasteiger partial charge in [-0.1, -0.05) is 18.2 Å². The fraction of sp³-hybridized carbons (Fsp3) is 0.235. The molecule has 3 rings (SSSR count). The number of amides is 1. The maximum absolute atomic E-state index is 13.8. The van der Waals surface area contributed by atoms with Crippen LogP contribution in [0, 0.1) is 11.6 Å². The monoisotopic (exact) mass is 365 g/mol. The summed E-state index contributed by atoms with van der Waals surface area (Å²) in [5.41, 5.74) is 0.880. The summed E-state index contributed by atoms with van der Waals surface area (Å²) in [5, 5.41) is 0. The van der Waals surface area contributed by atoms with Gasteiger partial charge in [-0.15, -0.1) is 0 Å². The number of carbonyl (C=O) groups excluding carboxylic acids is 1. The maximum atomic E-state index is 13.8. The molecule has 2 aromatic carbocycles. The third kappa shape index (κ3) is 3.19. The van der Waals surface area contributed by atoms with Crippen molar-refractivity contribution in [3.63, 3.8) is 0 Å². The molecule has 1 fully saturated rings. The predicted octanol–water partition coefficient (Wildman–Crippen LogP) is 4.53. The Kier molecular flexibility index (Phi) is 4.25. The van der Waals surface area contributed by atoms with E-state index in [1.165, 1.54) is 24.3 Å². The highest BCUT2D eigenvalue weighted by Crippen LogP contribution is 2.31. The fourth-order valence-corrected chi connectivity index (χ4v) is 2.90. The molecule has 2 aromatic rings. The number of hydrogen-bond acceptors (Lipinski definition) is 1. The Bertz CT molecular complexity index is 716. The van der Waals surface area contributed by atoms with Gasteiger partial charge in [0.05, 0.1) is 5.56 Å². The first-order chi connectivity index (χ1) is 10.6. The summed E-state index contributed by atoms with van der Waals surface area (Å²) in [5.74, 6) is -0.938. The standard InChI is InChI=1S/C17H14BrF2NO/c18-15-9-12(19)5-8-14(15)17(22)21(13-6-7-13)10-11-3-1-2-4-16(11)20/h1-5,8-9,13H,6-7,10H2. The van der Waals surface area contributed by atoms with E-state index in [0.717, 1.165) is 12.8 Å². The first kappa shape index (κ1) is 15.2. The molecule has 2 nitrogen and oxygen atoms in total. The van der Waals surface area contributed by atoms with E-state index in [0.29, 0.717) is 15.6 Å². The quantitative estimate of drug-likeness (QED) is 0.779. The molecular weight excluding hydrogens is 352 g/mol. The van der Waals surface area contributed by atoms with Crippen molar-refractivity contribution in [2.75, 3.05) is 0 Å². The summed E-state index contributed by atoms with van der Waals surface area (Å²) in [6.07, 6.45) is 1.83. The van der Waals surface area contributed by atoms with Crippen LogP contribution in [0.25, 0.3) is 0 Å². The van der Waals surface area contributed by atoms with Crippen LogP contribution >= 0.6 is 15.9 Å². The lowest BCUT2D eigenvalue weighted by molar-refractivity contribution is 0.0727. The Morgan fingerprint density at radius 1 is 1.18 bits per heavy atom. The fourth-order valence-electron chi connectivity index (χ4n) is 2.38. The lowest BCUT2D eigenvalue weighted by Gasteiger charge is -2.23. The summed E-state index contributed by atoms with van der Waals surface area (Å²) < 4.78 is 27.4. The number of nitrogens with zero attached hydrogens (tertiary/aromatic N) is 1. The molecule has 0 saturated heterocycles. The lowest BCUT2D eigenvalue weighted by Crippen LogP contribution is -2.33. The normalized spacial score (nSPS) is 14.0. The first-order valence-corrected chi connectivity index (χ1v) is 7.85. The van der Waals surface area contributed by atoms with Crippen LogP contribution in [0.2, 0.25) is 0 Å². The van der Waals surface area contributed by atoms with Gasteiger partial charge in [0.15, 0.2) is 0 Å². The van der Waals surface area contributed by atoms with Crippen LogP contribution in [0.1, 0.15) is 28.8 Å². The second-order valence-electron chi connectivity index (χ2n) is 5.38. The minimum atomic E-state index is -0.407. The zero-order valence-electron chi connectivity index (χ0n) is 11.7. The summed E-state index contributed by atoms with van der Waals surface area (Å²) in [6.45, 7) is 0.222. The average Bonchev–Trinajstić information content (AvgIpc) is 3.30. The van der Waals surface area contributed by atoms with Gasteiger partial charge in [0.2, 0.25) is 0 Å². The van der Waals surface area contributed by atoms with Crippen LogP contribution in [-0.2, 0) is 6.54 Å². The Morgan fingerprint density at radius 3 is 2.55 bits per heavy atom. The number of halogens is 3. The summed E-state index contributed by atoms with van der Waals surface area (Å²) >= 11 is 3.22. The van der Waals surface area contributed by atoms with Crippen molar-refractivity contribution < 1.29 is 13.6 Å². The van der Waals surface area contributed by atoms with Crippen LogP contribution in [0.5, 0.6) is 0 Å². The maximum Gasteiger partial charge on any atom is 0.255 e. The Balaban J connectivity index is 1.88. The van der Waals surface area contributed by atoms with Crippen molar-refractivity contribution >= 4 is 21.8 Å². The van der Waals surface area contributed by atoms with Crippen molar-refractivity contribution in [1.82, 2.24) is 4.90 Å². The van der Waals surface area contributed by atoms with Crippen molar-refractivity contribution in [3.05, 3.63) is 69.7 Å². The molecule has 0 unspecified atom stereocenters. The van der Waals surface area contributed by atoms with Crippen LogP contribution < -0.4 is 0 Å². The highest BCUT2D eigenvalue weighted by molar-refractivity contribution is 9.10. The third-order valence-electron chi connectivity index (χ3n) is 3.71. The Labute approximate surface area is 135 Å². The van der Waals surface area contributed by atoms with Gasteiger partial charge in [-0.2, -0.15) is 0 Å². The molecule has 0 bridgehead atoms. The molecule has 114 valence electrons. The molecule has 1 saturated carbocycles. The number of rotatable bonds is 4. The largest absolute Gasteiger partial charge is 0.331 e. The number of hydrogen-bond donors (Lipinski definition) is 0. The molecule has 0 atom stereocenters. The topological polar surface area (TPSA) is 20.3 Å². The molecule has 0 spiro atoms. The Hall–Kier alpha value is -1.75. The van der Waals surface area contributed by atoms with E-state index >= 15 is 0 Å². The minimum Gasteiger partial charge on any atom is -0.331 e. The number of carbonyl (C=O) groups is 1. The molecule has 0 aromatic heterocycles. The molecule has 1 amide bonds. The third-order valence-corrected chi connectivity index (χ3v) is 4.36.